The summed E-state index contributed by atoms with van der Waals surface area (Å²) in [6, 6.07) is 8.10. The van der Waals surface area contributed by atoms with E-state index in [1.54, 1.807) is 0 Å². The summed E-state index contributed by atoms with van der Waals surface area (Å²) >= 11 is 4.92. The molecule has 0 bridgehead atoms. The Hall–Kier alpha value is -1.13. The first-order valence-electron chi connectivity index (χ1n) is 5.73. The van der Waals surface area contributed by atoms with Crippen molar-refractivity contribution in [1.82, 2.24) is 4.90 Å². The van der Waals surface area contributed by atoms with Gasteiger partial charge in [0, 0.05) is 18.2 Å². The zero-order valence-corrected chi connectivity index (χ0v) is 11.5. The first kappa shape index (κ1) is 13.9. The maximum absolute atomic E-state index is 5.66. The third-order valence-electron chi connectivity index (χ3n) is 2.71. The second kappa shape index (κ2) is 6.57. The number of hydrogen-bond donors (Lipinski definition) is 1. The summed E-state index contributed by atoms with van der Waals surface area (Å²) in [4.78, 5) is 2.63. The molecule has 0 aliphatic heterocycles. The largest absolute Gasteiger partial charge is 0.492 e. The number of hydrogen-bond acceptors (Lipinski definition) is 3. The Bertz CT molecular complexity index is 379. The van der Waals surface area contributed by atoms with Crippen LogP contribution in [0.5, 0.6) is 5.75 Å². The van der Waals surface area contributed by atoms with Crippen LogP contribution >= 0.6 is 12.2 Å². The molecule has 2 N–H and O–H groups in total. The topological polar surface area (TPSA) is 38.5 Å². The smallest absolute Gasteiger partial charge is 0.120 e. The van der Waals surface area contributed by atoms with E-state index >= 15 is 0 Å². The van der Waals surface area contributed by atoms with E-state index in [0.29, 0.717) is 17.6 Å². The lowest BCUT2D eigenvalue weighted by atomic mass is 10.2. The van der Waals surface area contributed by atoms with Crippen LogP contribution < -0.4 is 10.5 Å². The molecule has 3 nitrogen and oxygen atoms in total. The average Bonchev–Trinajstić information content (AvgIpc) is 2.29. The second-order valence-electron chi connectivity index (χ2n) is 4.31. The predicted octanol–water partition coefficient (Wildman–Crippen LogP) is 2.04. The fourth-order valence-corrected chi connectivity index (χ4v) is 1.43. The summed E-state index contributed by atoms with van der Waals surface area (Å²) in [5.41, 5.74) is 6.41. The first-order chi connectivity index (χ1) is 8.00. The number of thiocarbonyl (C=S) groups is 1. The van der Waals surface area contributed by atoms with Gasteiger partial charge in [0.15, 0.2) is 0 Å². The minimum Gasteiger partial charge on any atom is -0.492 e. The van der Waals surface area contributed by atoms with Gasteiger partial charge < -0.3 is 15.4 Å². The van der Waals surface area contributed by atoms with Crippen LogP contribution in [0.15, 0.2) is 24.3 Å². The molecular formula is C13H20N2OS. The molecule has 1 rings (SSSR count). The third-order valence-corrected chi connectivity index (χ3v) is 2.95. The van der Waals surface area contributed by atoms with Crippen LogP contribution in [0.4, 0.5) is 0 Å². The van der Waals surface area contributed by atoms with Crippen LogP contribution in [-0.2, 0) is 0 Å². The molecule has 1 aromatic carbocycles. The third kappa shape index (κ3) is 4.71. The summed E-state index contributed by atoms with van der Waals surface area (Å²) in [7, 11) is 2.08. The first-order valence-corrected chi connectivity index (χ1v) is 6.14. The molecule has 0 amide bonds. The Labute approximate surface area is 109 Å². The number of nitrogens with two attached hydrogens (primary N) is 1. The molecule has 0 aliphatic rings. The Morgan fingerprint density at radius 1 is 1.47 bits per heavy atom. The van der Waals surface area contributed by atoms with Crippen molar-refractivity contribution in [2.45, 2.75) is 19.9 Å². The van der Waals surface area contributed by atoms with Crippen molar-refractivity contribution in [3.63, 3.8) is 0 Å². The zero-order chi connectivity index (χ0) is 12.8. The zero-order valence-electron chi connectivity index (χ0n) is 10.6. The van der Waals surface area contributed by atoms with Gasteiger partial charge in [-0.1, -0.05) is 24.4 Å². The minimum absolute atomic E-state index is 0.398. The van der Waals surface area contributed by atoms with Crippen LogP contribution in [0.1, 0.15) is 19.4 Å². The molecule has 0 saturated heterocycles. The van der Waals surface area contributed by atoms with Crippen LogP contribution in [0.2, 0.25) is 0 Å². The van der Waals surface area contributed by atoms with Gasteiger partial charge in [0.25, 0.3) is 0 Å². The second-order valence-corrected chi connectivity index (χ2v) is 4.75. The molecule has 94 valence electrons. The van der Waals surface area contributed by atoms with Gasteiger partial charge in [-0.05, 0) is 33.0 Å². The lowest BCUT2D eigenvalue weighted by Crippen LogP contribution is -2.30. The van der Waals surface area contributed by atoms with Gasteiger partial charge in [-0.2, -0.15) is 0 Å². The van der Waals surface area contributed by atoms with E-state index in [1.807, 2.05) is 24.3 Å². The molecule has 0 radical (unpaired) electrons. The summed E-state index contributed by atoms with van der Waals surface area (Å²) in [5.74, 6) is 0.812. The molecule has 0 atom stereocenters. The lowest BCUT2D eigenvalue weighted by molar-refractivity contribution is 0.208. The normalized spacial score (nSPS) is 10.9. The highest BCUT2D eigenvalue weighted by atomic mass is 32.1. The lowest BCUT2D eigenvalue weighted by Gasteiger charge is -2.20. The number of benzene rings is 1. The molecule has 0 aromatic heterocycles. The standard InChI is InChI=1S/C13H20N2OS/c1-10(2)15(3)7-8-16-12-6-4-5-11(9-12)13(14)17/h4-6,9-10H,7-8H2,1-3H3,(H2,14,17). The van der Waals surface area contributed by atoms with E-state index in [0.717, 1.165) is 17.9 Å². The SMILES string of the molecule is CC(C)N(C)CCOc1cccc(C(N)=S)c1. The Morgan fingerprint density at radius 3 is 2.76 bits per heavy atom. The average molecular weight is 252 g/mol. The molecule has 0 unspecified atom stereocenters. The fourth-order valence-electron chi connectivity index (χ4n) is 1.30. The van der Waals surface area contributed by atoms with E-state index < -0.39 is 0 Å². The van der Waals surface area contributed by atoms with Gasteiger partial charge in [0.2, 0.25) is 0 Å². The van der Waals surface area contributed by atoms with E-state index in [4.69, 9.17) is 22.7 Å². The van der Waals surface area contributed by atoms with Crippen LogP contribution in [0.3, 0.4) is 0 Å². The number of likely N-dealkylation sites (N-methyl/N-ethyl adjacent to an activating group) is 1. The van der Waals surface area contributed by atoms with E-state index in [-0.39, 0.29) is 0 Å². The molecular weight excluding hydrogens is 232 g/mol. The Balaban J connectivity index is 2.47. The molecule has 0 saturated carbocycles. The van der Waals surface area contributed by atoms with Crippen LogP contribution in [0, 0.1) is 0 Å². The van der Waals surface area contributed by atoms with Crippen molar-refractivity contribution in [3.8, 4) is 5.75 Å². The highest BCUT2D eigenvalue weighted by Crippen LogP contribution is 2.13. The number of ether oxygens (including phenoxy) is 1. The van der Waals surface area contributed by atoms with Crippen molar-refractivity contribution in [2.24, 2.45) is 5.73 Å². The van der Waals surface area contributed by atoms with Crippen molar-refractivity contribution in [1.29, 1.82) is 0 Å². The summed E-state index contributed by atoms with van der Waals surface area (Å²) in [6.07, 6.45) is 0. The maximum Gasteiger partial charge on any atom is 0.120 e. The van der Waals surface area contributed by atoms with Crippen LogP contribution in [0.25, 0.3) is 0 Å². The van der Waals surface area contributed by atoms with Crippen LogP contribution in [-0.4, -0.2) is 36.1 Å². The van der Waals surface area contributed by atoms with Crippen molar-refractivity contribution < 1.29 is 4.74 Å². The minimum atomic E-state index is 0.398. The molecule has 0 heterocycles. The predicted molar refractivity (Wildman–Crippen MR) is 75.6 cm³/mol. The van der Waals surface area contributed by atoms with Gasteiger partial charge >= 0.3 is 0 Å². The quantitative estimate of drug-likeness (QED) is 0.786. The van der Waals surface area contributed by atoms with Gasteiger partial charge in [-0.25, -0.2) is 0 Å². The van der Waals surface area contributed by atoms with Gasteiger partial charge in [0.05, 0.1) is 0 Å². The van der Waals surface area contributed by atoms with Gasteiger partial charge in [-0.3, -0.25) is 0 Å². The highest BCUT2D eigenvalue weighted by molar-refractivity contribution is 7.80. The van der Waals surface area contributed by atoms with Gasteiger partial charge in [-0.15, -0.1) is 0 Å². The molecule has 0 aliphatic carbocycles. The number of nitrogens with zero attached hydrogens (tertiary/aromatic N) is 1. The molecule has 0 fully saturated rings. The summed E-state index contributed by atoms with van der Waals surface area (Å²) in [6.45, 7) is 5.88. The highest BCUT2D eigenvalue weighted by Gasteiger charge is 2.03. The maximum atomic E-state index is 5.66. The molecule has 4 heteroatoms. The van der Waals surface area contributed by atoms with E-state index in [9.17, 15) is 0 Å². The fraction of sp³-hybridized carbons (Fsp3) is 0.462. The molecule has 1 aromatic rings. The summed E-state index contributed by atoms with van der Waals surface area (Å²) in [5, 5.41) is 0. The summed E-state index contributed by atoms with van der Waals surface area (Å²) < 4.78 is 5.66. The van der Waals surface area contributed by atoms with Crippen molar-refractivity contribution in [2.75, 3.05) is 20.2 Å². The molecule has 17 heavy (non-hydrogen) atoms. The van der Waals surface area contributed by atoms with E-state index in [1.165, 1.54) is 0 Å². The van der Waals surface area contributed by atoms with Crippen molar-refractivity contribution >= 4 is 17.2 Å². The molecule has 0 spiro atoms. The Kier molecular flexibility index (Phi) is 5.38. The number of rotatable bonds is 6. The monoisotopic (exact) mass is 252 g/mol. The Morgan fingerprint density at radius 2 is 2.18 bits per heavy atom. The van der Waals surface area contributed by atoms with Gasteiger partial charge in [0.1, 0.15) is 17.3 Å². The van der Waals surface area contributed by atoms with Crippen molar-refractivity contribution in [3.05, 3.63) is 29.8 Å². The van der Waals surface area contributed by atoms with E-state index in [2.05, 4.69) is 25.8 Å².